The molecule has 0 aliphatic rings. The van der Waals surface area contributed by atoms with Crippen molar-refractivity contribution >= 4 is 27.5 Å². The van der Waals surface area contributed by atoms with Crippen LogP contribution in [0.15, 0.2) is 40.9 Å². The second-order valence-electron chi connectivity index (χ2n) is 4.14. The maximum absolute atomic E-state index is 12.2. The van der Waals surface area contributed by atoms with Gasteiger partial charge in [-0.2, -0.15) is 5.26 Å². The maximum Gasteiger partial charge on any atom is 0.259 e. The Kier molecular flexibility index (Phi) is 4.45. The van der Waals surface area contributed by atoms with Crippen LogP contribution in [0.3, 0.4) is 0 Å². The van der Waals surface area contributed by atoms with E-state index in [0.717, 1.165) is 0 Å². The van der Waals surface area contributed by atoms with Crippen molar-refractivity contribution < 1.29 is 14.6 Å². The highest BCUT2D eigenvalue weighted by Crippen LogP contribution is 2.28. The molecule has 2 aromatic carbocycles. The van der Waals surface area contributed by atoms with E-state index in [1.54, 1.807) is 18.2 Å². The molecule has 0 saturated carbocycles. The van der Waals surface area contributed by atoms with Gasteiger partial charge in [0.15, 0.2) is 0 Å². The molecule has 0 aromatic heterocycles. The number of hydrogen-bond acceptors (Lipinski definition) is 4. The Balaban J connectivity index is 2.29. The normalized spacial score (nSPS) is 9.76. The van der Waals surface area contributed by atoms with E-state index >= 15 is 0 Å². The van der Waals surface area contributed by atoms with E-state index in [4.69, 9.17) is 10.00 Å². The van der Waals surface area contributed by atoms with Crippen molar-refractivity contribution in [3.05, 3.63) is 52.0 Å². The lowest BCUT2D eigenvalue weighted by Crippen LogP contribution is -2.13. The number of anilines is 1. The number of phenols is 1. The molecule has 0 radical (unpaired) electrons. The Labute approximate surface area is 129 Å². The zero-order chi connectivity index (χ0) is 15.4. The van der Waals surface area contributed by atoms with Crippen LogP contribution in [0.2, 0.25) is 0 Å². The summed E-state index contributed by atoms with van der Waals surface area (Å²) < 4.78 is 5.81. The van der Waals surface area contributed by atoms with Crippen LogP contribution in [-0.4, -0.2) is 18.1 Å². The number of methoxy groups -OCH3 is 1. The summed E-state index contributed by atoms with van der Waals surface area (Å²) in [6.45, 7) is 0. The first kappa shape index (κ1) is 14.9. The second-order valence-corrected chi connectivity index (χ2v) is 5.06. The minimum absolute atomic E-state index is 0.130. The SMILES string of the molecule is COc1cc(C#N)ccc1NC(=O)c1ccc(Br)cc1O. The highest BCUT2D eigenvalue weighted by molar-refractivity contribution is 9.10. The first-order valence-corrected chi connectivity index (χ1v) is 6.72. The second kappa shape index (κ2) is 6.29. The quantitative estimate of drug-likeness (QED) is 0.893. The van der Waals surface area contributed by atoms with Crippen molar-refractivity contribution in [2.45, 2.75) is 0 Å². The Morgan fingerprint density at radius 2 is 2.10 bits per heavy atom. The lowest BCUT2D eigenvalue weighted by atomic mass is 10.1. The fraction of sp³-hybridized carbons (Fsp3) is 0.0667. The predicted octanol–water partition coefficient (Wildman–Crippen LogP) is 3.29. The molecule has 0 bridgehead atoms. The molecule has 0 atom stereocenters. The summed E-state index contributed by atoms with van der Waals surface area (Å²) in [7, 11) is 1.45. The van der Waals surface area contributed by atoms with Gasteiger partial charge < -0.3 is 15.2 Å². The molecule has 0 spiro atoms. The molecule has 2 N–H and O–H groups in total. The van der Waals surface area contributed by atoms with Crippen molar-refractivity contribution in [1.29, 1.82) is 5.26 Å². The number of nitrogens with one attached hydrogen (secondary N) is 1. The van der Waals surface area contributed by atoms with Gasteiger partial charge in [0, 0.05) is 10.5 Å². The third kappa shape index (κ3) is 3.33. The Hall–Kier alpha value is -2.52. The van der Waals surface area contributed by atoms with E-state index < -0.39 is 5.91 Å². The lowest BCUT2D eigenvalue weighted by molar-refractivity contribution is 0.102. The minimum Gasteiger partial charge on any atom is -0.507 e. The predicted molar refractivity (Wildman–Crippen MR) is 81.5 cm³/mol. The molecule has 5 nitrogen and oxygen atoms in total. The summed E-state index contributed by atoms with van der Waals surface area (Å²) in [5, 5.41) is 21.3. The van der Waals surface area contributed by atoms with E-state index in [9.17, 15) is 9.90 Å². The molecular formula is C15H11BrN2O3. The molecular weight excluding hydrogens is 336 g/mol. The van der Waals surface area contributed by atoms with Gasteiger partial charge >= 0.3 is 0 Å². The van der Waals surface area contributed by atoms with Crippen LogP contribution in [-0.2, 0) is 0 Å². The van der Waals surface area contributed by atoms with Crippen LogP contribution in [0.25, 0.3) is 0 Å². The summed E-state index contributed by atoms with van der Waals surface area (Å²) in [5.41, 5.74) is 0.991. The molecule has 2 rings (SSSR count). The Morgan fingerprint density at radius 1 is 1.33 bits per heavy atom. The number of hydrogen-bond donors (Lipinski definition) is 2. The molecule has 0 saturated heterocycles. The fourth-order valence-electron chi connectivity index (χ4n) is 1.75. The molecule has 6 heteroatoms. The molecule has 106 valence electrons. The van der Waals surface area contributed by atoms with Crippen molar-refractivity contribution in [2.24, 2.45) is 0 Å². The van der Waals surface area contributed by atoms with Gasteiger partial charge in [-0.05, 0) is 30.3 Å². The van der Waals surface area contributed by atoms with Crippen LogP contribution >= 0.6 is 15.9 Å². The van der Waals surface area contributed by atoms with Gasteiger partial charge in [0.05, 0.1) is 30.0 Å². The van der Waals surface area contributed by atoms with Gasteiger partial charge in [-0.3, -0.25) is 4.79 Å². The number of nitriles is 1. The number of ether oxygens (including phenoxy) is 1. The Bertz CT molecular complexity index is 738. The number of benzene rings is 2. The molecule has 0 heterocycles. The number of rotatable bonds is 3. The van der Waals surface area contributed by atoms with Crippen molar-refractivity contribution in [3.8, 4) is 17.6 Å². The van der Waals surface area contributed by atoms with E-state index in [-0.39, 0.29) is 11.3 Å². The average molecular weight is 347 g/mol. The van der Waals surface area contributed by atoms with Crippen molar-refractivity contribution in [3.63, 3.8) is 0 Å². The minimum atomic E-state index is -0.469. The maximum atomic E-state index is 12.2. The van der Waals surface area contributed by atoms with Gasteiger partial charge in [0.25, 0.3) is 5.91 Å². The number of aromatic hydroxyl groups is 1. The summed E-state index contributed by atoms with van der Waals surface area (Å²) >= 11 is 3.21. The molecule has 0 aliphatic carbocycles. The van der Waals surface area contributed by atoms with Gasteiger partial charge in [-0.1, -0.05) is 15.9 Å². The van der Waals surface area contributed by atoms with Crippen molar-refractivity contribution in [2.75, 3.05) is 12.4 Å². The van der Waals surface area contributed by atoms with Gasteiger partial charge in [-0.15, -0.1) is 0 Å². The van der Waals surface area contributed by atoms with Crippen LogP contribution in [0.4, 0.5) is 5.69 Å². The number of halogens is 1. The molecule has 21 heavy (non-hydrogen) atoms. The molecule has 0 aliphatic heterocycles. The number of phenolic OH excluding ortho intramolecular Hbond substituents is 1. The molecule has 2 aromatic rings. The third-order valence-corrected chi connectivity index (χ3v) is 3.28. The first-order chi connectivity index (χ1) is 10.0. The van der Waals surface area contributed by atoms with Crippen LogP contribution < -0.4 is 10.1 Å². The molecule has 0 unspecified atom stereocenters. The van der Waals surface area contributed by atoms with Gasteiger partial charge in [0.1, 0.15) is 11.5 Å². The number of nitrogens with zero attached hydrogens (tertiary/aromatic N) is 1. The van der Waals surface area contributed by atoms with E-state index in [1.165, 1.54) is 25.3 Å². The largest absolute Gasteiger partial charge is 0.507 e. The first-order valence-electron chi connectivity index (χ1n) is 5.93. The molecule has 0 fully saturated rings. The summed E-state index contributed by atoms with van der Waals surface area (Å²) in [5.74, 6) is -0.225. The zero-order valence-corrected chi connectivity index (χ0v) is 12.6. The molecule has 1 amide bonds. The van der Waals surface area contributed by atoms with Crippen LogP contribution in [0, 0.1) is 11.3 Å². The number of carbonyl (C=O) groups excluding carboxylic acids is 1. The summed E-state index contributed by atoms with van der Waals surface area (Å²) in [6.07, 6.45) is 0. The average Bonchev–Trinajstić information content (AvgIpc) is 2.47. The fourth-order valence-corrected chi connectivity index (χ4v) is 2.10. The van der Waals surface area contributed by atoms with E-state index in [2.05, 4.69) is 21.2 Å². The van der Waals surface area contributed by atoms with E-state index in [1.807, 2.05) is 6.07 Å². The smallest absolute Gasteiger partial charge is 0.259 e. The van der Waals surface area contributed by atoms with Crippen LogP contribution in [0.1, 0.15) is 15.9 Å². The highest BCUT2D eigenvalue weighted by Gasteiger charge is 2.14. The summed E-state index contributed by atoms with van der Waals surface area (Å²) in [6, 6.07) is 11.3. The summed E-state index contributed by atoms with van der Waals surface area (Å²) in [4.78, 5) is 12.2. The highest BCUT2D eigenvalue weighted by atomic mass is 79.9. The number of carbonyl (C=O) groups is 1. The van der Waals surface area contributed by atoms with E-state index in [0.29, 0.717) is 21.5 Å². The van der Waals surface area contributed by atoms with Crippen LogP contribution in [0.5, 0.6) is 11.5 Å². The van der Waals surface area contributed by atoms with Gasteiger partial charge in [0.2, 0.25) is 0 Å². The van der Waals surface area contributed by atoms with Crippen molar-refractivity contribution in [1.82, 2.24) is 0 Å². The monoisotopic (exact) mass is 346 g/mol. The number of amides is 1. The Morgan fingerprint density at radius 3 is 2.71 bits per heavy atom. The standard InChI is InChI=1S/C15H11BrN2O3/c1-21-14-6-9(8-17)2-5-12(14)18-15(20)11-4-3-10(16)7-13(11)19/h2-7,19H,1H3,(H,18,20). The van der Waals surface area contributed by atoms with Gasteiger partial charge in [-0.25, -0.2) is 0 Å². The topological polar surface area (TPSA) is 82.3 Å². The zero-order valence-electron chi connectivity index (χ0n) is 11.1. The third-order valence-electron chi connectivity index (χ3n) is 2.78. The lowest BCUT2D eigenvalue weighted by Gasteiger charge is -2.11.